The van der Waals surface area contributed by atoms with E-state index in [1.165, 1.54) is 25.9 Å². The van der Waals surface area contributed by atoms with E-state index in [1.54, 1.807) is 0 Å². The van der Waals surface area contributed by atoms with Crippen LogP contribution < -0.4 is 5.32 Å². The largest absolute Gasteiger partial charge is 0.380 e. The smallest absolute Gasteiger partial charge is 0.0621 e. The van der Waals surface area contributed by atoms with Crippen LogP contribution in [0.5, 0.6) is 0 Å². The van der Waals surface area contributed by atoms with Gasteiger partial charge in [-0.05, 0) is 18.8 Å². The maximum atomic E-state index is 5.57. The third kappa shape index (κ3) is 2.92. The van der Waals surface area contributed by atoms with E-state index >= 15 is 0 Å². The van der Waals surface area contributed by atoms with Crippen molar-refractivity contribution in [2.24, 2.45) is 5.92 Å². The molecule has 2 rings (SSSR count). The normalized spacial score (nSPS) is 34.6. The number of nitrogens with one attached hydrogen (secondary N) is 1. The Labute approximate surface area is 93.2 Å². The van der Waals surface area contributed by atoms with Crippen molar-refractivity contribution in [3.63, 3.8) is 0 Å². The zero-order valence-corrected chi connectivity index (χ0v) is 10.0. The molecule has 2 aliphatic heterocycles. The van der Waals surface area contributed by atoms with Gasteiger partial charge in [0.2, 0.25) is 0 Å². The first-order valence-corrected chi connectivity index (χ1v) is 6.32. The molecule has 0 aromatic rings. The van der Waals surface area contributed by atoms with E-state index in [-0.39, 0.29) is 0 Å². The van der Waals surface area contributed by atoms with Gasteiger partial charge in [-0.15, -0.1) is 0 Å². The van der Waals surface area contributed by atoms with Crippen molar-refractivity contribution < 1.29 is 4.74 Å². The van der Waals surface area contributed by atoms with Gasteiger partial charge in [0, 0.05) is 38.3 Å². The summed E-state index contributed by atoms with van der Waals surface area (Å²) in [6.45, 7) is 10.1. The van der Waals surface area contributed by atoms with Crippen LogP contribution in [0.2, 0.25) is 0 Å². The molecule has 2 saturated heterocycles. The van der Waals surface area contributed by atoms with Crippen LogP contribution in [0.15, 0.2) is 0 Å². The minimum atomic E-state index is 0.667. The first-order valence-electron chi connectivity index (χ1n) is 6.32. The maximum Gasteiger partial charge on any atom is 0.0621 e. The van der Waals surface area contributed by atoms with Crippen molar-refractivity contribution in [3.05, 3.63) is 0 Å². The fraction of sp³-hybridized carbons (Fsp3) is 1.00. The van der Waals surface area contributed by atoms with Crippen molar-refractivity contribution >= 4 is 0 Å². The summed E-state index contributed by atoms with van der Waals surface area (Å²) in [6, 6.07) is 1.35. The topological polar surface area (TPSA) is 24.5 Å². The molecule has 2 unspecified atom stereocenters. The first kappa shape index (κ1) is 11.4. The second kappa shape index (κ2) is 5.28. The fourth-order valence-electron chi connectivity index (χ4n) is 2.59. The molecule has 0 amide bonds. The summed E-state index contributed by atoms with van der Waals surface area (Å²) in [5, 5.41) is 3.61. The highest BCUT2D eigenvalue weighted by Crippen LogP contribution is 2.17. The number of nitrogens with zero attached hydrogens (tertiary/aromatic N) is 1. The summed E-state index contributed by atoms with van der Waals surface area (Å²) in [5.74, 6) is 0.734. The highest BCUT2D eigenvalue weighted by Gasteiger charge is 2.28. The van der Waals surface area contributed by atoms with Crippen LogP contribution in [-0.2, 0) is 4.74 Å². The number of hydrogen-bond donors (Lipinski definition) is 1. The molecule has 2 atom stereocenters. The number of hydrogen-bond acceptors (Lipinski definition) is 3. The molecule has 2 aliphatic rings. The van der Waals surface area contributed by atoms with Gasteiger partial charge in [0.05, 0.1) is 6.61 Å². The highest BCUT2D eigenvalue weighted by atomic mass is 16.5. The monoisotopic (exact) mass is 212 g/mol. The number of ether oxygens (including phenoxy) is 1. The molecule has 3 nitrogen and oxygen atoms in total. The Kier molecular flexibility index (Phi) is 4.00. The average molecular weight is 212 g/mol. The molecule has 0 bridgehead atoms. The Bertz CT molecular complexity index is 190. The summed E-state index contributed by atoms with van der Waals surface area (Å²) in [5.41, 5.74) is 0. The molecule has 0 aliphatic carbocycles. The predicted octanol–water partition coefficient (Wildman–Crippen LogP) is 1.10. The Morgan fingerprint density at radius 2 is 2.27 bits per heavy atom. The molecule has 2 heterocycles. The molecule has 0 saturated carbocycles. The molecule has 2 fully saturated rings. The van der Waals surface area contributed by atoms with Gasteiger partial charge in [0.25, 0.3) is 0 Å². The van der Waals surface area contributed by atoms with E-state index in [1.807, 2.05) is 0 Å². The van der Waals surface area contributed by atoms with Crippen molar-refractivity contribution in [1.29, 1.82) is 0 Å². The van der Waals surface area contributed by atoms with E-state index in [4.69, 9.17) is 4.74 Å². The third-order valence-electron chi connectivity index (χ3n) is 3.69. The molecule has 15 heavy (non-hydrogen) atoms. The van der Waals surface area contributed by atoms with Crippen molar-refractivity contribution in [3.8, 4) is 0 Å². The van der Waals surface area contributed by atoms with Crippen LogP contribution in [-0.4, -0.2) is 49.8 Å². The molecule has 1 N–H and O–H groups in total. The minimum Gasteiger partial charge on any atom is -0.380 e. The molecule has 88 valence electrons. The zero-order chi connectivity index (χ0) is 10.7. The predicted molar refractivity (Wildman–Crippen MR) is 62.0 cm³/mol. The summed E-state index contributed by atoms with van der Waals surface area (Å²) in [7, 11) is 0. The Hall–Kier alpha value is -0.120. The van der Waals surface area contributed by atoms with Crippen LogP contribution in [0.1, 0.15) is 26.7 Å². The lowest BCUT2D eigenvalue weighted by molar-refractivity contribution is 0.00424. The van der Waals surface area contributed by atoms with E-state index in [9.17, 15) is 0 Å². The van der Waals surface area contributed by atoms with E-state index in [2.05, 4.69) is 24.1 Å². The third-order valence-corrected chi connectivity index (χ3v) is 3.69. The lowest BCUT2D eigenvalue weighted by atomic mass is 9.99. The SMILES string of the molecule is CC(C)C1CN(C2CCCOC2)CCN1. The number of rotatable bonds is 2. The van der Waals surface area contributed by atoms with Gasteiger partial charge in [-0.3, -0.25) is 4.90 Å². The molecule has 3 heteroatoms. The quantitative estimate of drug-likeness (QED) is 0.742. The minimum absolute atomic E-state index is 0.667. The second-order valence-electron chi connectivity index (χ2n) is 5.17. The lowest BCUT2D eigenvalue weighted by Gasteiger charge is -2.41. The Morgan fingerprint density at radius 3 is 2.93 bits per heavy atom. The van der Waals surface area contributed by atoms with Gasteiger partial charge in [-0.25, -0.2) is 0 Å². The van der Waals surface area contributed by atoms with Crippen LogP contribution in [0, 0.1) is 5.92 Å². The highest BCUT2D eigenvalue weighted by molar-refractivity contribution is 4.85. The van der Waals surface area contributed by atoms with Crippen molar-refractivity contribution in [1.82, 2.24) is 10.2 Å². The van der Waals surface area contributed by atoms with Gasteiger partial charge in [-0.1, -0.05) is 13.8 Å². The van der Waals surface area contributed by atoms with Crippen LogP contribution in [0.3, 0.4) is 0 Å². The van der Waals surface area contributed by atoms with Crippen LogP contribution in [0.4, 0.5) is 0 Å². The summed E-state index contributed by atoms with van der Waals surface area (Å²) >= 11 is 0. The number of piperazine rings is 1. The standard InChI is InChI=1S/C12H24N2O/c1-10(2)12-8-14(6-5-13-12)11-4-3-7-15-9-11/h10-13H,3-9H2,1-2H3. The summed E-state index contributed by atoms with van der Waals surface area (Å²) in [4.78, 5) is 2.63. The summed E-state index contributed by atoms with van der Waals surface area (Å²) < 4.78 is 5.57. The Balaban J connectivity index is 1.85. The zero-order valence-electron chi connectivity index (χ0n) is 10.0. The van der Waals surface area contributed by atoms with Gasteiger partial charge >= 0.3 is 0 Å². The van der Waals surface area contributed by atoms with E-state index < -0.39 is 0 Å². The van der Waals surface area contributed by atoms with Gasteiger partial charge in [0.15, 0.2) is 0 Å². The van der Waals surface area contributed by atoms with Crippen molar-refractivity contribution in [2.75, 3.05) is 32.8 Å². The Morgan fingerprint density at radius 1 is 1.40 bits per heavy atom. The van der Waals surface area contributed by atoms with Crippen molar-refractivity contribution in [2.45, 2.75) is 38.8 Å². The fourth-order valence-corrected chi connectivity index (χ4v) is 2.59. The van der Waals surface area contributed by atoms with Crippen LogP contribution >= 0.6 is 0 Å². The first-order chi connectivity index (χ1) is 7.27. The van der Waals surface area contributed by atoms with Gasteiger partial charge < -0.3 is 10.1 Å². The molecular weight excluding hydrogens is 188 g/mol. The maximum absolute atomic E-state index is 5.57. The lowest BCUT2D eigenvalue weighted by Crippen LogP contribution is -2.57. The molecule has 0 aromatic heterocycles. The second-order valence-corrected chi connectivity index (χ2v) is 5.17. The van der Waals surface area contributed by atoms with Crippen LogP contribution in [0.25, 0.3) is 0 Å². The molecule has 0 aromatic carbocycles. The van der Waals surface area contributed by atoms with Gasteiger partial charge in [0.1, 0.15) is 0 Å². The molecule has 0 spiro atoms. The molecule has 0 radical (unpaired) electrons. The summed E-state index contributed by atoms with van der Waals surface area (Å²) in [6.07, 6.45) is 2.56. The van der Waals surface area contributed by atoms with E-state index in [0.29, 0.717) is 12.1 Å². The average Bonchev–Trinajstić information content (AvgIpc) is 2.30. The van der Waals surface area contributed by atoms with Gasteiger partial charge in [-0.2, -0.15) is 0 Å². The molecular formula is C12H24N2O. The van der Waals surface area contributed by atoms with E-state index in [0.717, 1.165) is 25.7 Å².